The average Bonchev–Trinajstić information content (AvgIpc) is 2.46. The fraction of sp³-hybridized carbons (Fsp3) is 0.938. The van der Waals surface area contributed by atoms with Crippen molar-refractivity contribution in [2.24, 2.45) is 11.1 Å². The van der Waals surface area contributed by atoms with Crippen molar-refractivity contribution in [3.8, 4) is 0 Å². The lowest BCUT2D eigenvalue weighted by atomic mass is 9.77. The first-order chi connectivity index (χ1) is 9.50. The van der Waals surface area contributed by atoms with E-state index in [1.165, 1.54) is 0 Å². The predicted molar refractivity (Wildman–Crippen MR) is 84.6 cm³/mol. The van der Waals surface area contributed by atoms with Gasteiger partial charge in [-0.25, -0.2) is 0 Å². The molecule has 0 aromatic carbocycles. The number of rotatable bonds is 7. The summed E-state index contributed by atoms with van der Waals surface area (Å²) in [4.78, 5) is 17.3. The third kappa shape index (κ3) is 3.95. The van der Waals surface area contributed by atoms with Gasteiger partial charge in [-0.3, -0.25) is 4.79 Å². The van der Waals surface area contributed by atoms with Crippen molar-refractivity contribution < 1.29 is 4.79 Å². The van der Waals surface area contributed by atoms with Gasteiger partial charge in [0.05, 0.1) is 5.41 Å². The molecule has 0 atom stereocenters. The quantitative estimate of drug-likeness (QED) is 0.778. The maximum atomic E-state index is 12.9. The highest BCUT2D eigenvalue weighted by Gasteiger charge is 2.39. The number of likely N-dealkylation sites (tertiary alicyclic amines) is 1. The molecule has 0 bridgehead atoms. The van der Waals surface area contributed by atoms with Crippen LogP contribution >= 0.6 is 0 Å². The summed E-state index contributed by atoms with van der Waals surface area (Å²) in [5.74, 6) is 0.306. The van der Waals surface area contributed by atoms with E-state index >= 15 is 0 Å². The Morgan fingerprint density at radius 1 is 1.20 bits per heavy atom. The van der Waals surface area contributed by atoms with Gasteiger partial charge in [-0.15, -0.1) is 0 Å². The van der Waals surface area contributed by atoms with Gasteiger partial charge >= 0.3 is 0 Å². The van der Waals surface area contributed by atoms with Crippen LogP contribution in [0, 0.1) is 5.41 Å². The highest BCUT2D eigenvalue weighted by molar-refractivity contribution is 5.83. The molecule has 0 unspecified atom stereocenters. The molecule has 1 fully saturated rings. The van der Waals surface area contributed by atoms with Gasteiger partial charge in [-0.2, -0.15) is 0 Å². The summed E-state index contributed by atoms with van der Waals surface area (Å²) in [5.41, 5.74) is 5.70. The molecule has 1 saturated heterocycles. The van der Waals surface area contributed by atoms with E-state index in [2.05, 4.69) is 37.7 Å². The Morgan fingerprint density at radius 3 is 2.05 bits per heavy atom. The average molecular weight is 283 g/mol. The number of nitrogens with two attached hydrogens (primary N) is 1. The van der Waals surface area contributed by atoms with Gasteiger partial charge in [0.1, 0.15) is 0 Å². The number of nitrogens with zero attached hydrogens (tertiary/aromatic N) is 2. The smallest absolute Gasteiger partial charge is 0.230 e. The zero-order chi connectivity index (χ0) is 15.2. The lowest BCUT2D eigenvalue weighted by Gasteiger charge is -2.41. The van der Waals surface area contributed by atoms with Crippen molar-refractivity contribution in [1.29, 1.82) is 0 Å². The van der Waals surface area contributed by atoms with E-state index in [0.29, 0.717) is 18.5 Å². The van der Waals surface area contributed by atoms with Gasteiger partial charge in [0.15, 0.2) is 0 Å². The first-order valence-electron chi connectivity index (χ1n) is 8.16. The second kappa shape index (κ2) is 7.99. The van der Waals surface area contributed by atoms with Crippen molar-refractivity contribution in [2.45, 2.75) is 58.4 Å². The first kappa shape index (κ1) is 17.4. The van der Waals surface area contributed by atoms with E-state index in [0.717, 1.165) is 51.6 Å². The SMILES string of the molecule is CCCC(CN)(CCC)C(=O)N1CCC(N(C)C)CC1. The molecule has 1 aliphatic heterocycles. The topological polar surface area (TPSA) is 49.6 Å². The zero-order valence-corrected chi connectivity index (χ0v) is 13.8. The van der Waals surface area contributed by atoms with Gasteiger partial charge in [-0.1, -0.05) is 26.7 Å². The monoisotopic (exact) mass is 283 g/mol. The van der Waals surface area contributed by atoms with Gasteiger partial charge in [0, 0.05) is 25.7 Å². The molecule has 4 heteroatoms. The first-order valence-corrected chi connectivity index (χ1v) is 8.16. The largest absolute Gasteiger partial charge is 0.342 e. The van der Waals surface area contributed by atoms with E-state index in [1.807, 2.05) is 0 Å². The van der Waals surface area contributed by atoms with Crippen molar-refractivity contribution in [3.05, 3.63) is 0 Å². The Hall–Kier alpha value is -0.610. The third-order valence-electron chi connectivity index (χ3n) is 4.78. The number of piperidine rings is 1. The van der Waals surface area contributed by atoms with E-state index in [1.54, 1.807) is 0 Å². The molecule has 0 radical (unpaired) electrons. The van der Waals surface area contributed by atoms with Crippen molar-refractivity contribution in [3.63, 3.8) is 0 Å². The minimum absolute atomic E-state index is 0.306. The molecule has 1 rings (SSSR count). The van der Waals surface area contributed by atoms with Crippen LogP contribution in [0.2, 0.25) is 0 Å². The molecular formula is C16H33N3O. The summed E-state index contributed by atoms with van der Waals surface area (Å²) < 4.78 is 0. The van der Waals surface area contributed by atoms with Crippen molar-refractivity contribution in [2.75, 3.05) is 33.7 Å². The fourth-order valence-corrected chi connectivity index (χ4v) is 3.51. The minimum atomic E-state index is -0.311. The number of hydrogen-bond acceptors (Lipinski definition) is 3. The standard InChI is InChI=1S/C16H33N3O/c1-5-9-16(13-17,10-6-2)15(20)19-11-7-14(8-12-19)18(3)4/h14H,5-13,17H2,1-4H3. The van der Waals surface area contributed by atoms with E-state index in [4.69, 9.17) is 5.73 Å². The van der Waals surface area contributed by atoms with Crippen LogP contribution in [0.15, 0.2) is 0 Å². The lowest BCUT2D eigenvalue weighted by molar-refractivity contribution is -0.144. The fourth-order valence-electron chi connectivity index (χ4n) is 3.51. The summed E-state index contributed by atoms with van der Waals surface area (Å²) in [5, 5.41) is 0. The molecule has 0 aliphatic carbocycles. The van der Waals surface area contributed by atoms with Crippen LogP contribution in [0.4, 0.5) is 0 Å². The number of amides is 1. The molecule has 118 valence electrons. The van der Waals surface area contributed by atoms with Crippen LogP contribution in [-0.2, 0) is 4.79 Å². The summed E-state index contributed by atoms with van der Waals surface area (Å²) in [6.45, 7) is 6.55. The van der Waals surface area contributed by atoms with Gasteiger partial charge in [-0.05, 0) is 39.8 Å². The van der Waals surface area contributed by atoms with E-state index in [-0.39, 0.29) is 5.41 Å². The summed E-state index contributed by atoms with van der Waals surface area (Å²) in [6, 6.07) is 0.615. The maximum Gasteiger partial charge on any atom is 0.230 e. The molecule has 4 nitrogen and oxygen atoms in total. The second-order valence-electron chi connectivity index (χ2n) is 6.47. The van der Waals surface area contributed by atoms with Crippen LogP contribution in [0.25, 0.3) is 0 Å². The van der Waals surface area contributed by atoms with Gasteiger partial charge < -0.3 is 15.5 Å². The number of hydrogen-bond donors (Lipinski definition) is 1. The molecular weight excluding hydrogens is 250 g/mol. The van der Waals surface area contributed by atoms with Crippen molar-refractivity contribution >= 4 is 5.91 Å². The Bertz CT molecular complexity index is 290. The molecule has 0 saturated carbocycles. The maximum absolute atomic E-state index is 12.9. The Balaban J connectivity index is 2.71. The molecule has 2 N–H and O–H groups in total. The van der Waals surface area contributed by atoms with Crippen LogP contribution < -0.4 is 5.73 Å². The highest BCUT2D eigenvalue weighted by Crippen LogP contribution is 2.32. The number of carbonyl (C=O) groups is 1. The number of carbonyl (C=O) groups excluding carboxylic acids is 1. The molecule has 0 aromatic heterocycles. The Kier molecular flexibility index (Phi) is 6.96. The molecule has 1 aliphatic rings. The second-order valence-corrected chi connectivity index (χ2v) is 6.47. The van der Waals surface area contributed by atoms with Crippen molar-refractivity contribution in [1.82, 2.24) is 9.80 Å². The van der Waals surface area contributed by atoms with Crippen LogP contribution in [0.5, 0.6) is 0 Å². The summed E-state index contributed by atoms with van der Waals surface area (Å²) >= 11 is 0. The summed E-state index contributed by atoms with van der Waals surface area (Å²) in [7, 11) is 4.25. The third-order valence-corrected chi connectivity index (χ3v) is 4.78. The molecule has 0 aromatic rings. The Labute approximate surface area is 124 Å². The lowest BCUT2D eigenvalue weighted by Crippen LogP contribution is -2.52. The predicted octanol–water partition coefficient (Wildman–Crippen LogP) is 2.08. The normalized spacial score (nSPS) is 17.8. The highest BCUT2D eigenvalue weighted by atomic mass is 16.2. The van der Waals surface area contributed by atoms with Gasteiger partial charge in [0.2, 0.25) is 5.91 Å². The van der Waals surface area contributed by atoms with Crippen LogP contribution in [0.3, 0.4) is 0 Å². The summed E-state index contributed by atoms with van der Waals surface area (Å²) in [6.07, 6.45) is 6.05. The zero-order valence-electron chi connectivity index (χ0n) is 13.8. The van der Waals surface area contributed by atoms with Crippen LogP contribution in [-0.4, -0.2) is 55.5 Å². The Morgan fingerprint density at radius 2 is 1.70 bits per heavy atom. The molecule has 1 heterocycles. The van der Waals surface area contributed by atoms with E-state index < -0.39 is 0 Å². The van der Waals surface area contributed by atoms with E-state index in [9.17, 15) is 4.79 Å². The van der Waals surface area contributed by atoms with Crippen LogP contribution in [0.1, 0.15) is 52.4 Å². The minimum Gasteiger partial charge on any atom is -0.342 e. The molecule has 1 amide bonds. The molecule has 0 spiro atoms. The molecule has 20 heavy (non-hydrogen) atoms. The van der Waals surface area contributed by atoms with Gasteiger partial charge in [0.25, 0.3) is 0 Å².